The van der Waals surface area contributed by atoms with Gasteiger partial charge in [0.2, 0.25) is 0 Å². The predicted octanol–water partition coefficient (Wildman–Crippen LogP) is 6.32. The summed E-state index contributed by atoms with van der Waals surface area (Å²) in [6, 6.07) is 12.2. The van der Waals surface area contributed by atoms with Gasteiger partial charge in [-0.1, -0.05) is 76.3 Å². The van der Waals surface area contributed by atoms with Crippen LogP contribution in [0.2, 0.25) is 0 Å². The zero-order chi connectivity index (χ0) is 23.8. The van der Waals surface area contributed by atoms with E-state index in [1.165, 1.54) is 0 Å². The van der Waals surface area contributed by atoms with Gasteiger partial charge >= 0.3 is 5.97 Å². The molecule has 0 heterocycles. The van der Waals surface area contributed by atoms with Crippen LogP contribution in [0.25, 0.3) is 0 Å². The molecule has 2 unspecified atom stereocenters. The van der Waals surface area contributed by atoms with Gasteiger partial charge in [0.05, 0.1) is 35.3 Å². The number of carboxylic acids is 1. The van der Waals surface area contributed by atoms with Gasteiger partial charge in [-0.15, -0.1) is 0 Å². The molecule has 1 aromatic rings. The van der Waals surface area contributed by atoms with E-state index < -0.39 is 17.3 Å². The van der Waals surface area contributed by atoms with Gasteiger partial charge in [0.1, 0.15) is 11.7 Å². The van der Waals surface area contributed by atoms with Crippen LogP contribution in [0.5, 0.6) is 5.75 Å². The van der Waals surface area contributed by atoms with Gasteiger partial charge in [0, 0.05) is 5.56 Å². The normalized spacial score (nSPS) is 27.0. The summed E-state index contributed by atoms with van der Waals surface area (Å²) in [4.78, 5) is 11.9. The lowest BCUT2D eigenvalue weighted by Crippen LogP contribution is -2.41. The molecular weight excluding hydrogens is 412 g/mol. The van der Waals surface area contributed by atoms with Crippen molar-refractivity contribution in [2.24, 2.45) is 17.8 Å². The van der Waals surface area contributed by atoms with E-state index in [1.807, 2.05) is 30.3 Å². The van der Waals surface area contributed by atoms with E-state index >= 15 is 0 Å². The molecule has 174 valence electrons. The summed E-state index contributed by atoms with van der Waals surface area (Å²) >= 11 is 0. The standard InChI is InChI=1S/C28H34N2O3/c1-3-5-8-17-33-26-10-7-6-9-24(26)28(21-13-11-20(4-2)12-14-21)16-15-22(27(31)32)23(18-29)25(28)19-30/h6-7,9-10,15-16,20-22H,3-5,8,11-14,17H2,1-2H3,(H,31,32). The van der Waals surface area contributed by atoms with Crippen LogP contribution in [-0.4, -0.2) is 17.7 Å². The maximum absolute atomic E-state index is 11.9. The van der Waals surface area contributed by atoms with Crippen molar-refractivity contribution in [2.75, 3.05) is 6.61 Å². The number of para-hydroxylation sites is 1. The quantitative estimate of drug-likeness (QED) is 0.353. The number of allylic oxidation sites excluding steroid dienone is 2. The molecule has 2 atom stereocenters. The molecule has 2 aliphatic rings. The molecule has 0 spiro atoms. The van der Waals surface area contributed by atoms with E-state index in [9.17, 15) is 20.4 Å². The largest absolute Gasteiger partial charge is 0.493 e. The Labute approximate surface area is 197 Å². The lowest BCUT2D eigenvalue weighted by molar-refractivity contribution is -0.138. The third kappa shape index (κ3) is 4.83. The number of ether oxygens (including phenoxy) is 1. The molecule has 5 nitrogen and oxygen atoms in total. The molecule has 0 radical (unpaired) electrons. The maximum atomic E-state index is 11.9. The molecule has 0 aromatic heterocycles. The summed E-state index contributed by atoms with van der Waals surface area (Å²) in [5.74, 6) is -0.715. The lowest BCUT2D eigenvalue weighted by atomic mass is 9.57. The van der Waals surface area contributed by atoms with Crippen LogP contribution in [0.15, 0.2) is 47.6 Å². The topological polar surface area (TPSA) is 94.1 Å². The first-order valence-electron chi connectivity index (χ1n) is 12.2. The Bertz CT molecular complexity index is 989. The molecule has 2 aliphatic carbocycles. The van der Waals surface area contributed by atoms with Crippen LogP contribution in [0.4, 0.5) is 0 Å². The van der Waals surface area contributed by atoms with Crippen LogP contribution in [0, 0.1) is 40.4 Å². The second-order valence-corrected chi connectivity index (χ2v) is 9.23. The fraction of sp³-hybridized carbons (Fsp3) is 0.536. The Morgan fingerprint density at radius 3 is 2.45 bits per heavy atom. The van der Waals surface area contributed by atoms with E-state index in [2.05, 4.69) is 26.0 Å². The summed E-state index contributed by atoms with van der Waals surface area (Å²) in [6.07, 6.45) is 11.8. The van der Waals surface area contributed by atoms with E-state index in [-0.39, 0.29) is 17.1 Å². The van der Waals surface area contributed by atoms with Crippen molar-refractivity contribution in [2.45, 2.75) is 70.6 Å². The Morgan fingerprint density at radius 1 is 1.12 bits per heavy atom. The third-order valence-electron chi connectivity index (χ3n) is 7.45. The summed E-state index contributed by atoms with van der Waals surface area (Å²) in [7, 11) is 0. The molecule has 5 heteroatoms. The average molecular weight is 447 g/mol. The van der Waals surface area contributed by atoms with Crippen LogP contribution in [-0.2, 0) is 10.2 Å². The van der Waals surface area contributed by atoms with Crippen LogP contribution < -0.4 is 4.74 Å². The Kier molecular flexibility index (Phi) is 8.34. The van der Waals surface area contributed by atoms with Gasteiger partial charge in [-0.2, -0.15) is 10.5 Å². The van der Waals surface area contributed by atoms with Crippen molar-refractivity contribution >= 4 is 5.97 Å². The summed E-state index contributed by atoms with van der Waals surface area (Å²) in [6.45, 7) is 4.95. The highest BCUT2D eigenvalue weighted by Crippen LogP contribution is 2.53. The van der Waals surface area contributed by atoms with Crippen molar-refractivity contribution in [1.29, 1.82) is 10.5 Å². The predicted molar refractivity (Wildman–Crippen MR) is 127 cm³/mol. The van der Waals surface area contributed by atoms with Crippen LogP contribution in [0.1, 0.15) is 70.8 Å². The minimum atomic E-state index is -1.11. The zero-order valence-corrected chi connectivity index (χ0v) is 19.7. The van der Waals surface area contributed by atoms with Crippen LogP contribution >= 0.6 is 0 Å². The van der Waals surface area contributed by atoms with Gasteiger partial charge in [-0.25, -0.2) is 0 Å². The number of hydrogen-bond acceptors (Lipinski definition) is 4. The van der Waals surface area contributed by atoms with Crippen molar-refractivity contribution in [3.8, 4) is 17.9 Å². The molecule has 1 N–H and O–H groups in total. The van der Waals surface area contributed by atoms with Crippen molar-refractivity contribution in [3.05, 3.63) is 53.1 Å². The summed E-state index contributed by atoms with van der Waals surface area (Å²) in [5.41, 5.74) is 0.326. The first-order valence-corrected chi connectivity index (χ1v) is 12.2. The number of aliphatic carboxylic acids is 1. The smallest absolute Gasteiger partial charge is 0.315 e. The summed E-state index contributed by atoms with van der Waals surface area (Å²) < 4.78 is 6.22. The highest BCUT2D eigenvalue weighted by atomic mass is 16.5. The second-order valence-electron chi connectivity index (χ2n) is 9.23. The third-order valence-corrected chi connectivity index (χ3v) is 7.45. The summed E-state index contributed by atoms with van der Waals surface area (Å²) in [5, 5.41) is 30.0. The minimum Gasteiger partial charge on any atom is -0.493 e. The molecule has 3 rings (SSSR count). The number of hydrogen-bond donors (Lipinski definition) is 1. The Hall–Kier alpha value is -3.05. The molecule has 0 bridgehead atoms. The highest BCUT2D eigenvalue weighted by molar-refractivity contribution is 5.80. The Balaban J connectivity index is 2.16. The highest BCUT2D eigenvalue weighted by Gasteiger charge is 2.49. The number of benzene rings is 1. The molecule has 0 amide bonds. The maximum Gasteiger partial charge on any atom is 0.315 e. The number of carboxylic acid groups (broad SMARTS) is 1. The van der Waals surface area contributed by atoms with Gasteiger partial charge in [-0.05, 0) is 37.2 Å². The molecule has 1 fully saturated rings. The van der Waals surface area contributed by atoms with Crippen molar-refractivity contribution in [3.63, 3.8) is 0 Å². The molecule has 0 aliphatic heterocycles. The number of nitriles is 2. The van der Waals surface area contributed by atoms with E-state index in [0.29, 0.717) is 12.5 Å². The van der Waals surface area contributed by atoms with Gasteiger partial charge in [-0.3, -0.25) is 4.79 Å². The zero-order valence-electron chi connectivity index (χ0n) is 19.7. The van der Waals surface area contributed by atoms with Gasteiger partial charge in [0.15, 0.2) is 0 Å². The van der Waals surface area contributed by atoms with Crippen molar-refractivity contribution in [1.82, 2.24) is 0 Å². The Morgan fingerprint density at radius 2 is 1.85 bits per heavy atom. The van der Waals surface area contributed by atoms with Gasteiger partial charge < -0.3 is 9.84 Å². The molecular formula is C28H34N2O3. The first-order chi connectivity index (χ1) is 16.0. The number of unbranched alkanes of at least 4 members (excludes halogenated alkanes) is 2. The second kappa shape index (κ2) is 11.2. The molecule has 1 aromatic carbocycles. The fourth-order valence-electron chi connectivity index (χ4n) is 5.57. The van der Waals surface area contributed by atoms with E-state index in [4.69, 9.17) is 4.74 Å². The first kappa shape index (κ1) is 24.6. The van der Waals surface area contributed by atoms with E-state index in [1.54, 1.807) is 6.08 Å². The van der Waals surface area contributed by atoms with Crippen molar-refractivity contribution < 1.29 is 14.6 Å². The SMILES string of the molecule is CCCCCOc1ccccc1C1(C2CCC(CC)CC2)C=CC(C(=O)O)C(C#N)=C1C#N. The lowest BCUT2D eigenvalue weighted by Gasteiger charge is -2.45. The number of rotatable bonds is 9. The van der Waals surface area contributed by atoms with Crippen LogP contribution in [0.3, 0.4) is 0 Å². The number of nitrogens with zero attached hydrogens (tertiary/aromatic N) is 2. The number of carbonyl (C=O) groups is 1. The van der Waals surface area contributed by atoms with Gasteiger partial charge in [0.25, 0.3) is 0 Å². The molecule has 33 heavy (non-hydrogen) atoms. The van der Waals surface area contributed by atoms with E-state index in [0.717, 1.165) is 62.7 Å². The molecule has 0 saturated heterocycles. The fourth-order valence-corrected chi connectivity index (χ4v) is 5.57. The monoisotopic (exact) mass is 446 g/mol. The average Bonchev–Trinajstić information content (AvgIpc) is 2.85. The minimum absolute atomic E-state index is 0.0471. The molecule has 1 saturated carbocycles.